The molecule has 0 unspecified atom stereocenters. The van der Waals surface area contributed by atoms with Crippen molar-refractivity contribution in [3.05, 3.63) is 60.8 Å². The van der Waals surface area contributed by atoms with Crippen LogP contribution < -0.4 is 0 Å². The quantitative estimate of drug-likeness (QED) is 0.518. The monoisotopic (exact) mass is 246 g/mol. The number of hydrogen-bond acceptors (Lipinski definition) is 3. The SMILES string of the molecule is c1ccc(-n2nnc3cnc4ccccc4c32)cc1. The molecule has 2 aromatic carbocycles. The van der Waals surface area contributed by atoms with Gasteiger partial charge in [-0.3, -0.25) is 4.98 Å². The zero-order valence-electron chi connectivity index (χ0n) is 10.1. The lowest BCUT2D eigenvalue weighted by molar-refractivity contribution is 0.825. The molecule has 90 valence electrons. The highest BCUT2D eigenvalue weighted by molar-refractivity contribution is 6.02. The van der Waals surface area contributed by atoms with Crippen molar-refractivity contribution < 1.29 is 0 Å². The van der Waals surface area contributed by atoms with Crippen LogP contribution in [0.3, 0.4) is 0 Å². The second-order valence-electron chi connectivity index (χ2n) is 4.35. The molecule has 0 fully saturated rings. The Hall–Kier alpha value is -2.75. The standard InChI is InChI=1S/C15H10N4/c1-2-6-11(7-3-1)19-15-12-8-4-5-9-13(12)16-10-14(15)17-18-19/h1-10H. The van der Waals surface area contributed by atoms with Crippen molar-refractivity contribution in [1.29, 1.82) is 0 Å². The highest BCUT2D eigenvalue weighted by atomic mass is 15.4. The van der Waals surface area contributed by atoms with E-state index in [4.69, 9.17) is 0 Å². The Morgan fingerprint density at radius 1 is 0.789 bits per heavy atom. The van der Waals surface area contributed by atoms with E-state index in [1.54, 1.807) is 6.20 Å². The molecule has 0 saturated carbocycles. The van der Waals surface area contributed by atoms with Crippen LogP contribution in [0.25, 0.3) is 27.6 Å². The summed E-state index contributed by atoms with van der Waals surface area (Å²) in [6.07, 6.45) is 1.77. The molecule has 2 aromatic heterocycles. The van der Waals surface area contributed by atoms with Crippen molar-refractivity contribution in [2.75, 3.05) is 0 Å². The van der Waals surface area contributed by atoms with Gasteiger partial charge >= 0.3 is 0 Å². The number of rotatable bonds is 1. The van der Waals surface area contributed by atoms with Gasteiger partial charge in [-0.1, -0.05) is 41.6 Å². The van der Waals surface area contributed by atoms with E-state index in [-0.39, 0.29) is 0 Å². The van der Waals surface area contributed by atoms with Crippen LogP contribution >= 0.6 is 0 Å². The molecule has 0 spiro atoms. The Bertz CT molecular complexity index is 865. The van der Waals surface area contributed by atoms with E-state index in [1.165, 1.54) is 0 Å². The van der Waals surface area contributed by atoms with Crippen molar-refractivity contribution in [3.8, 4) is 5.69 Å². The topological polar surface area (TPSA) is 43.6 Å². The normalized spacial score (nSPS) is 11.2. The highest BCUT2D eigenvalue weighted by Gasteiger charge is 2.10. The Morgan fingerprint density at radius 3 is 2.47 bits per heavy atom. The average molecular weight is 246 g/mol. The van der Waals surface area contributed by atoms with Gasteiger partial charge in [0.25, 0.3) is 0 Å². The summed E-state index contributed by atoms with van der Waals surface area (Å²) in [5, 5.41) is 9.50. The molecular formula is C15H10N4. The predicted molar refractivity (Wildman–Crippen MR) is 74.2 cm³/mol. The van der Waals surface area contributed by atoms with Crippen LogP contribution in [0.15, 0.2) is 60.8 Å². The largest absolute Gasteiger partial charge is 0.254 e. The molecule has 19 heavy (non-hydrogen) atoms. The summed E-state index contributed by atoms with van der Waals surface area (Å²) in [4.78, 5) is 4.40. The van der Waals surface area contributed by atoms with Gasteiger partial charge in [0, 0.05) is 5.39 Å². The molecular weight excluding hydrogens is 236 g/mol. The zero-order chi connectivity index (χ0) is 12.7. The summed E-state index contributed by atoms with van der Waals surface area (Å²) in [5.74, 6) is 0. The fourth-order valence-electron chi connectivity index (χ4n) is 2.30. The van der Waals surface area contributed by atoms with Crippen LogP contribution in [0.1, 0.15) is 0 Å². The first kappa shape index (κ1) is 10.2. The second-order valence-corrected chi connectivity index (χ2v) is 4.35. The van der Waals surface area contributed by atoms with E-state index in [9.17, 15) is 0 Å². The van der Waals surface area contributed by atoms with Gasteiger partial charge in [0.15, 0.2) is 0 Å². The third-order valence-electron chi connectivity index (χ3n) is 3.18. The molecule has 4 rings (SSSR count). The molecule has 0 radical (unpaired) electrons. The van der Waals surface area contributed by atoms with Crippen LogP contribution in [-0.4, -0.2) is 20.0 Å². The molecule has 0 aliphatic carbocycles. The maximum absolute atomic E-state index is 4.40. The van der Waals surface area contributed by atoms with E-state index in [2.05, 4.69) is 15.3 Å². The number of pyridine rings is 1. The Morgan fingerprint density at radius 2 is 1.58 bits per heavy atom. The molecule has 0 N–H and O–H groups in total. The number of nitrogens with zero attached hydrogens (tertiary/aromatic N) is 4. The minimum Gasteiger partial charge on any atom is -0.254 e. The smallest absolute Gasteiger partial charge is 0.132 e. The molecule has 4 nitrogen and oxygen atoms in total. The average Bonchev–Trinajstić information content (AvgIpc) is 2.92. The van der Waals surface area contributed by atoms with E-state index < -0.39 is 0 Å². The van der Waals surface area contributed by atoms with Gasteiger partial charge in [-0.05, 0) is 18.2 Å². The number of para-hydroxylation sites is 2. The fourth-order valence-corrected chi connectivity index (χ4v) is 2.30. The first-order valence-corrected chi connectivity index (χ1v) is 6.08. The zero-order valence-corrected chi connectivity index (χ0v) is 10.1. The van der Waals surface area contributed by atoms with Crippen LogP contribution in [0.4, 0.5) is 0 Å². The highest BCUT2D eigenvalue weighted by Crippen LogP contribution is 2.23. The second kappa shape index (κ2) is 3.88. The van der Waals surface area contributed by atoms with Crippen molar-refractivity contribution in [2.45, 2.75) is 0 Å². The van der Waals surface area contributed by atoms with Crippen molar-refractivity contribution in [2.24, 2.45) is 0 Å². The van der Waals surface area contributed by atoms with Gasteiger partial charge in [0.1, 0.15) is 11.0 Å². The first-order chi connectivity index (χ1) is 9.43. The Balaban J connectivity index is 2.15. The summed E-state index contributed by atoms with van der Waals surface area (Å²) < 4.78 is 1.86. The maximum atomic E-state index is 4.40. The van der Waals surface area contributed by atoms with E-state index in [1.807, 2.05) is 59.3 Å². The minimum atomic E-state index is 0.808. The molecule has 0 atom stereocenters. The number of fused-ring (bicyclic) bond motifs is 3. The predicted octanol–water partition coefficient (Wildman–Crippen LogP) is 2.97. The Kier molecular flexibility index (Phi) is 2.08. The van der Waals surface area contributed by atoms with Crippen molar-refractivity contribution in [1.82, 2.24) is 20.0 Å². The van der Waals surface area contributed by atoms with Crippen LogP contribution in [0, 0.1) is 0 Å². The molecule has 0 bridgehead atoms. The van der Waals surface area contributed by atoms with Crippen LogP contribution in [-0.2, 0) is 0 Å². The van der Waals surface area contributed by atoms with Gasteiger partial charge in [-0.25, -0.2) is 4.68 Å². The van der Waals surface area contributed by atoms with Crippen LogP contribution in [0.2, 0.25) is 0 Å². The molecule has 0 saturated heterocycles. The molecule has 4 aromatic rings. The molecule has 0 aliphatic rings. The lowest BCUT2D eigenvalue weighted by atomic mass is 10.2. The molecule has 0 aliphatic heterocycles. The molecule has 4 heteroatoms. The summed E-state index contributed by atoms with van der Waals surface area (Å²) in [6.45, 7) is 0. The van der Waals surface area contributed by atoms with Gasteiger partial charge in [0.2, 0.25) is 0 Å². The summed E-state index contributed by atoms with van der Waals surface area (Å²) >= 11 is 0. The van der Waals surface area contributed by atoms with E-state index in [0.717, 1.165) is 27.6 Å². The lowest BCUT2D eigenvalue weighted by Gasteiger charge is -2.03. The first-order valence-electron chi connectivity index (χ1n) is 6.08. The van der Waals surface area contributed by atoms with Gasteiger partial charge in [-0.2, -0.15) is 0 Å². The van der Waals surface area contributed by atoms with Gasteiger partial charge in [-0.15, -0.1) is 5.10 Å². The molecule has 0 amide bonds. The van der Waals surface area contributed by atoms with Crippen LogP contribution in [0.5, 0.6) is 0 Å². The van der Waals surface area contributed by atoms with Crippen molar-refractivity contribution in [3.63, 3.8) is 0 Å². The third-order valence-corrected chi connectivity index (χ3v) is 3.18. The third kappa shape index (κ3) is 1.50. The van der Waals surface area contributed by atoms with E-state index in [0.29, 0.717) is 0 Å². The number of hydrogen-bond donors (Lipinski definition) is 0. The lowest BCUT2D eigenvalue weighted by Crippen LogP contribution is -1.96. The maximum Gasteiger partial charge on any atom is 0.132 e. The summed E-state index contributed by atoms with van der Waals surface area (Å²) in [5.41, 5.74) is 3.76. The number of aromatic nitrogens is 4. The molecule has 2 heterocycles. The number of benzene rings is 2. The summed E-state index contributed by atoms with van der Waals surface area (Å²) in [6, 6.07) is 18.0. The fraction of sp³-hybridized carbons (Fsp3) is 0. The Labute approximate surface area is 109 Å². The van der Waals surface area contributed by atoms with Crippen molar-refractivity contribution >= 4 is 21.9 Å². The summed E-state index contributed by atoms with van der Waals surface area (Å²) in [7, 11) is 0. The van der Waals surface area contributed by atoms with E-state index >= 15 is 0 Å². The van der Waals surface area contributed by atoms with Gasteiger partial charge < -0.3 is 0 Å². The minimum absolute atomic E-state index is 0.808. The van der Waals surface area contributed by atoms with Gasteiger partial charge in [0.05, 0.1) is 17.4 Å².